The van der Waals surface area contributed by atoms with Crippen LogP contribution in [0.25, 0.3) is 0 Å². The average molecular weight is 404 g/mol. The number of anilines is 1. The van der Waals surface area contributed by atoms with Gasteiger partial charge >= 0.3 is 0 Å². The molecule has 2 aliphatic rings. The van der Waals surface area contributed by atoms with Crippen LogP contribution in [0.3, 0.4) is 0 Å². The van der Waals surface area contributed by atoms with Crippen LogP contribution in [0.4, 0.5) is 5.69 Å². The van der Waals surface area contributed by atoms with E-state index in [0.717, 1.165) is 68.9 Å². The minimum absolute atomic E-state index is 0.676. The van der Waals surface area contributed by atoms with Gasteiger partial charge in [0.05, 0.1) is 19.8 Å². The highest BCUT2D eigenvalue weighted by Crippen LogP contribution is 2.21. The summed E-state index contributed by atoms with van der Waals surface area (Å²) < 4.78 is 11.0. The minimum atomic E-state index is 0.676. The first-order valence-electron chi connectivity index (χ1n) is 10.5. The fourth-order valence-corrected chi connectivity index (χ4v) is 3.98. The summed E-state index contributed by atoms with van der Waals surface area (Å²) >= 11 is 5.80. The molecule has 0 spiro atoms. The maximum atomic E-state index is 5.80. The molecule has 1 aliphatic carbocycles. The van der Waals surface area contributed by atoms with Crippen molar-refractivity contribution in [3.8, 4) is 5.75 Å². The molecule has 1 N–H and O–H groups in total. The summed E-state index contributed by atoms with van der Waals surface area (Å²) in [6.07, 6.45) is 8.19. The van der Waals surface area contributed by atoms with Crippen LogP contribution in [-0.4, -0.2) is 67.5 Å². The van der Waals surface area contributed by atoms with Crippen LogP contribution in [0.2, 0.25) is 0 Å². The van der Waals surface area contributed by atoms with E-state index < -0.39 is 0 Å². The summed E-state index contributed by atoms with van der Waals surface area (Å²) in [5.74, 6) is 1.56. The molecule has 154 valence electrons. The number of nitrogens with one attached hydrogen (secondary N) is 1. The Morgan fingerprint density at radius 2 is 2.04 bits per heavy atom. The molecule has 0 bridgehead atoms. The first-order chi connectivity index (χ1) is 13.7. The Morgan fingerprint density at radius 1 is 1.25 bits per heavy atom. The Kier molecular flexibility index (Phi) is 8.58. The third-order valence-corrected chi connectivity index (χ3v) is 5.71. The average Bonchev–Trinajstić information content (AvgIpc) is 2.74. The lowest BCUT2D eigenvalue weighted by atomic mass is 9.94. The lowest BCUT2D eigenvalue weighted by Gasteiger charge is -2.34. The van der Waals surface area contributed by atoms with E-state index in [9.17, 15) is 0 Å². The lowest BCUT2D eigenvalue weighted by molar-refractivity contribution is 0.0356. The topological polar surface area (TPSA) is 37.0 Å². The van der Waals surface area contributed by atoms with Gasteiger partial charge < -0.3 is 19.7 Å². The van der Waals surface area contributed by atoms with E-state index in [1.807, 2.05) is 31.2 Å². The highest BCUT2D eigenvalue weighted by Gasteiger charge is 2.19. The SMILES string of the molecule is CCOc1ccc(NC(=S)N(CCN2CCOCC2)CC2CC=CCC2)cc1. The molecule has 0 amide bonds. The largest absolute Gasteiger partial charge is 0.494 e. The quantitative estimate of drug-likeness (QED) is 0.526. The molecule has 6 heteroatoms. The number of morpholine rings is 1. The highest BCUT2D eigenvalue weighted by molar-refractivity contribution is 7.80. The van der Waals surface area contributed by atoms with Gasteiger partial charge in [-0.1, -0.05) is 12.2 Å². The van der Waals surface area contributed by atoms with Crippen molar-refractivity contribution >= 4 is 23.0 Å². The van der Waals surface area contributed by atoms with Gasteiger partial charge in [-0.2, -0.15) is 0 Å². The summed E-state index contributed by atoms with van der Waals surface area (Å²) in [6, 6.07) is 8.03. The van der Waals surface area contributed by atoms with E-state index in [0.29, 0.717) is 12.5 Å². The van der Waals surface area contributed by atoms with Crippen LogP contribution in [0.5, 0.6) is 5.75 Å². The van der Waals surface area contributed by atoms with Crippen molar-refractivity contribution in [1.82, 2.24) is 9.80 Å². The molecule has 1 aromatic carbocycles. The van der Waals surface area contributed by atoms with E-state index in [1.165, 1.54) is 12.8 Å². The van der Waals surface area contributed by atoms with Gasteiger partial charge in [-0.15, -0.1) is 0 Å². The molecule has 28 heavy (non-hydrogen) atoms. The van der Waals surface area contributed by atoms with Gasteiger partial charge in [0.2, 0.25) is 0 Å². The van der Waals surface area contributed by atoms with E-state index in [4.69, 9.17) is 21.7 Å². The predicted molar refractivity (Wildman–Crippen MR) is 119 cm³/mol. The molecule has 1 atom stereocenters. The zero-order valence-electron chi connectivity index (χ0n) is 16.9. The maximum absolute atomic E-state index is 5.80. The van der Waals surface area contributed by atoms with Gasteiger partial charge in [0, 0.05) is 38.4 Å². The normalized spacial score (nSPS) is 20.0. The molecule has 1 fully saturated rings. The Balaban J connectivity index is 1.58. The van der Waals surface area contributed by atoms with Crippen molar-refractivity contribution < 1.29 is 9.47 Å². The summed E-state index contributed by atoms with van der Waals surface area (Å²) in [5, 5.41) is 4.24. The van der Waals surface area contributed by atoms with Crippen molar-refractivity contribution in [2.24, 2.45) is 5.92 Å². The molecular weight excluding hydrogens is 370 g/mol. The Bertz CT molecular complexity index is 629. The van der Waals surface area contributed by atoms with E-state index in [2.05, 4.69) is 27.3 Å². The second-order valence-electron chi connectivity index (χ2n) is 7.44. The number of allylic oxidation sites excluding steroid dienone is 2. The van der Waals surface area contributed by atoms with Crippen LogP contribution in [0.15, 0.2) is 36.4 Å². The fourth-order valence-electron chi connectivity index (χ4n) is 3.70. The van der Waals surface area contributed by atoms with Crippen LogP contribution >= 0.6 is 12.2 Å². The second-order valence-corrected chi connectivity index (χ2v) is 7.82. The number of hydrogen-bond donors (Lipinski definition) is 1. The van der Waals surface area contributed by atoms with Crippen molar-refractivity contribution in [3.05, 3.63) is 36.4 Å². The summed E-state index contributed by atoms with van der Waals surface area (Å²) in [6.45, 7) is 9.35. The van der Waals surface area contributed by atoms with Crippen molar-refractivity contribution in [1.29, 1.82) is 0 Å². The smallest absolute Gasteiger partial charge is 0.173 e. The van der Waals surface area contributed by atoms with Crippen LogP contribution in [-0.2, 0) is 4.74 Å². The summed E-state index contributed by atoms with van der Waals surface area (Å²) in [5.41, 5.74) is 1.01. The minimum Gasteiger partial charge on any atom is -0.494 e. The number of rotatable bonds is 8. The van der Waals surface area contributed by atoms with E-state index in [1.54, 1.807) is 0 Å². The zero-order valence-corrected chi connectivity index (χ0v) is 17.8. The van der Waals surface area contributed by atoms with Crippen molar-refractivity contribution in [2.45, 2.75) is 26.2 Å². The molecule has 1 aliphatic heterocycles. The Hall–Kier alpha value is -1.63. The van der Waals surface area contributed by atoms with Crippen LogP contribution in [0, 0.1) is 5.92 Å². The summed E-state index contributed by atoms with van der Waals surface area (Å²) in [7, 11) is 0. The highest BCUT2D eigenvalue weighted by atomic mass is 32.1. The molecule has 0 saturated carbocycles. The molecule has 1 heterocycles. The first-order valence-corrected chi connectivity index (χ1v) is 10.9. The van der Waals surface area contributed by atoms with Gasteiger partial charge in [0.15, 0.2) is 5.11 Å². The molecule has 1 unspecified atom stereocenters. The standard InChI is InChI=1S/C22H33N3O2S/c1-2-27-21-10-8-20(9-11-21)23-22(28)25(18-19-6-4-3-5-7-19)13-12-24-14-16-26-17-15-24/h3-4,8-11,19H,2,5-7,12-18H2,1H3,(H,23,28). The van der Waals surface area contributed by atoms with Gasteiger partial charge in [-0.3, -0.25) is 4.90 Å². The molecule has 1 aromatic rings. The number of hydrogen-bond acceptors (Lipinski definition) is 4. The van der Waals surface area contributed by atoms with Gasteiger partial charge in [0.1, 0.15) is 5.75 Å². The summed E-state index contributed by atoms with van der Waals surface area (Å²) in [4.78, 5) is 4.82. The van der Waals surface area contributed by atoms with Crippen LogP contribution in [0.1, 0.15) is 26.2 Å². The van der Waals surface area contributed by atoms with Crippen molar-refractivity contribution in [2.75, 3.05) is 57.9 Å². The lowest BCUT2D eigenvalue weighted by Crippen LogP contribution is -2.45. The first kappa shape index (κ1) is 21.1. The van der Waals surface area contributed by atoms with Gasteiger partial charge in [-0.05, 0) is 68.6 Å². The molecule has 3 rings (SSSR count). The number of thiocarbonyl (C=S) groups is 1. The third-order valence-electron chi connectivity index (χ3n) is 5.35. The molecule has 5 nitrogen and oxygen atoms in total. The zero-order chi connectivity index (χ0) is 19.6. The Labute approximate surface area is 174 Å². The number of benzene rings is 1. The van der Waals surface area contributed by atoms with Crippen molar-refractivity contribution in [3.63, 3.8) is 0 Å². The van der Waals surface area contributed by atoms with Gasteiger partial charge in [-0.25, -0.2) is 0 Å². The van der Waals surface area contributed by atoms with Gasteiger partial charge in [0.25, 0.3) is 0 Å². The monoisotopic (exact) mass is 403 g/mol. The number of nitrogens with zero attached hydrogens (tertiary/aromatic N) is 2. The molecular formula is C22H33N3O2S. The maximum Gasteiger partial charge on any atom is 0.173 e. The molecule has 1 saturated heterocycles. The second kappa shape index (κ2) is 11.4. The fraction of sp³-hybridized carbons (Fsp3) is 0.591. The molecule has 0 radical (unpaired) electrons. The van der Waals surface area contributed by atoms with E-state index >= 15 is 0 Å². The third kappa shape index (κ3) is 6.76. The Morgan fingerprint density at radius 3 is 2.71 bits per heavy atom. The predicted octanol–water partition coefficient (Wildman–Crippen LogP) is 3.77. The van der Waals surface area contributed by atoms with Crippen LogP contribution < -0.4 is 10.1 Å². The number of ether oxygens (including phenoxy) is 2. The van der Waals surface area contributed by atoms with E-state index in [-0.39, 0.29) is 0 Å². The molecule has 0 aromatic heterocycles.